The van der Waals surface area contributed by atoms with Crippen molar-refractivity contribution < 1.29 is 0 Å². The molecule has 1 aliphatic rings. The normalized spacial score (nSPS) is 19.3. The molecular formula is C9H15. The van der Waals surface area contributed by atoms with E-state index in [0.29, 0.717) is 0 Å². The topological polar surface area (TPSA) is 0 Å². The second-order valence-corrected chi connectivity index (χ2v) is 2.58. The molecule has 0 aromatic rings. The number of hydrogen-bond donors (Lipinski definition) is 0. The van der Waals surface area contributed by atoms with E-state index in [1.54, 1.807) is 11.1 Å². The van der Waals surface area contributed by atoms with Gasteiger partial charge in [-0.2, -0.15) is 0 Å². The zero-order chi connectivity index (χ0) is 6.69. The highest BCUT2D eigenvalue weighted by atomic mass is 14.2. The Morgan fingerprint density at radius 3 is 2.56 bits per heavy atom. The molecular weight excluding hydrogens is 108 g/mol. The summed E-state index contributed by atoms with van der Waals surface area (Å²) in [6.07, 6.45) is 7.52. The van der Waals surface area contributed by atoms with Crippen LogP contribution in [0.3, 0.4) is 0 Å². The first-order valence-corrected chi connectivity index (χ1v) is 3.92. The van der Waals surface area contributed by atoms with Crippen molar-refractivity contribution in [2.75, 3.05) is 0 Å². The maximum Gasteiger partial charge on any atom is -0.0132 e. The highest BCUT2D eigenvalue weighted by Gasteiger charge is 2.10. The molecule has 0 N–H and O–H groups in total. The molecule has 0 aromatic heterocycles. The molecule has 0 unspecified atom stereocenters. The summed E-state index contributed by atoms with van der Waals surface area (Å²) in [7, 11) is 0. The van der Waals surface area contributed by atoms with Gasteiger partial charge in [-0.25, -0.2) is 0 Å². The van der Waals surface area contributed by atoms with Gasteiger partial charge in [-0.1, -0.05) is 25.0 Å². The summed E-state index contributed by atoms with van der Waals surface area (Å²) in [6, 6.07) is 0. The van der Waals surface area contributed by atoms with Crippen molar-refractivity contribution in [2.24, 2.45) is 0 Å². The molecule has 0 saturated heterocycles. The molecule has 0 atom stereocenters. The van der Waals surface area contributed by atoms with Gasteiger partial charge in [-0.05, 0) is 32.1 Å². The van der Waals surface area contributed by atoms with E-state index in [0.717, 1.165) is 0 Å². The van der Waals surface area contributed by atoms with E-state index in [4.69, 9.17) is 0 Å². The van der Waals surface area contributed by atoms with Gasteiger partial charge in [0.15, 0.2) is 0 Å². The van der Waals surface area contributed by atoms with Gasteiger partial charge in [0, 0.05) is 0 Å². The van der Waals surface area contributed by atoms with Gasteiger partial charge >= 0.3 is 0 Å². The van der Waals surface area contributed by atoms with Gasteiger partial charge in [0.05, 0.1) is 0 Å². The van der Waals surface area contributed by atoms with E-state index in [9.17, 15) is 0 Å². The van der Waals surface area contributed by atoms with Crippen LogP contribution in [0.1, 0.15) is 39.5 Å². The molecule has 0 heterocycles. The largest absolute Gasteiger partial charge is 0.0710 e. The minimum atomic E-state index is 1.24. The SMILES string of the molecule is CCC1=C(CC)CC[CH]1. The summed E-state index contributed by atoms with van der Waals surface area (Å²) in [5.41, 5.74) is 3.31. The number of rotatable bonds is 2. The molecule has 0 saturated carbocycles. The first-order valence-electron chi connectivity index (χ1n) is 3.92. The second-order valence-electron chi connectivity index (χ2n) is 2.58. The standard InChI is InChI=1S/C9H15/c1-3-8-6-5-7-9(8)4-2/h6H,3-5,7H2,1-2H3. The minimum absolute atomic E-state index is 1.24. The van der Waals surface area contributed by atoms with Crippen molar-refractivity contribution in [1.29, 1.82) is 0 Å². The summed E-state index contributed by atoms with van der Waals surface area (Å²) in [5.74, 6) is 0. The lowest BCUT2D eigenvalue weighted by atomic mass is 10.1. The Morgan fingerprint density at radius 2 is 2.11 bits per heavy atom. The molecule has 0 nitrogen and oxygen atoms in total. The van der Waals surface area contributed by atoms with E-state index < -0.39 is 0 Å². The van der Waals surface area contributed by atoms with Crippen molar-refractivity contribution in [3.8, 4) is 0 Å². The lowest BCUT2D eigenvalue weighted by Gasteiger charge is -1.98. The maximum atomic E-state index is 2.39. The van der Waals surface area contributed by atoms with Crippen LogP contribution < -0.4 is 0 Å². The van der Waals surface area contributed by atoms with Crippen LogP contribution in [0.5, 0.6) is 0 Å². The fourth-order valence-electron chi connectivity index (χ4n) is 1.52. The summed E-state index contributed by atoms with van der Waals surface area (Å²) in [5, 5.41) is 0. The minimum Gasteiger partial charge on any atom is -0.0710 e. The van der Waals surface area contributed by atoms with Gasteiger partial charge in [0.1, 0.15) is 0 Å². The third-order valence-corrected chi connectivity index (χ3v) is 2.10. The average molecular weight is 123 g/mol. The lowest BCUT2D eigenvalue weighted by Crippen LogP contribution is -1.79. The summed E-state index contributed by atoms with van der Waals surface area (Å²) < 4.78 is 0. The molecule has 0 heteroatoms. The van der Waals surface area contributed by atoms with Gasteiger partial charge in [-0.3, -0.25) is 0 Å². The van der Waals surface area contributed by atoms with E-state index in [1.165, 1.54) is 25.7 Å². The van der Waals surface area contributed by atoms with E-state index in [1.807, 2.05) is 0 Å². The fraction of sp³-hybridized carbons (Fsp3) is 0.667. The molecule has 0 fully saturated rings. The van der Waals surface area contributed by atoms with Crippen LogP contribution in [0.25, 0.3) is 0 Å². The van der Waals surface area contributed by atoms with Crippen molar-refractivity contribution in [3.63, 3.8) is 0 Å². The van der Waals surface area contributed by atoms with Crippen LogP contribution in [-0.2, 0) is 0 Å². The molecule has 1 rings (SSSR count). The predicted octanol–water partition coefficient (Wildman–Crippen LogP) is 3.10. The van der Waals surface area contributed by atoms with Gasteiger partial charge < -0.3 is 0 Å². The third-order valence-electron chi connectivity index (χ3n) is 2.10. The average Bonchev–Trinajstić information content (AvgIpc) is 2.33. The van der Waals surface area contributed by atoms with E-state index in [2.05, 4.69) is 20.3 Å². The molecule has 0 bridgehead atoms. The molecule has 0 amide bonds. The molecule has 9 heavy (non-hydrogen) atoms. The zero-order valence-corrected chi connectivity index (χ0v) is 6.41. The Bertz CT molecular complexity index is 106. The van der Waals surface area contributed by atoms with Crippen LogP contribution in [-0.4, -0.2) is 0 Å². The Hall–Kier alpha value is -0.260. The summed E-state index contributed by atoms with van der Waals surface area (Å²) in [4.78, 5) is 0. The Balaban J connectivity index is 2.59. The van der Waals surface area contributed by atoms with Crippen LogP contribution in [0.4, 0.5) is 0 Å². The number of allylic oxidation sites excluding steroid dienone is 2. The lowest BCUT2D eigenvalue weighted by molar-refractivity contribution is 0.938. The van der Waals surface area contributed by atoms with Crippen molar-refractivity contribution in [3.05, 3.63) is 17.6 Å². The van der Waals surface area contributed by atoms with Crippen LogP contribution in [0.15, 0.2) is 11.1 Å². The van der Waals surface area contributed by atoms with Gasteiger partial charge in [-0.15, -0.1) is 0 Å². The molecule has 1 radical (unpaired) electrons. The Kier molecular flexibility index (Phi) is 2.32. The van der Waals surface area contributed by atoms with E-state index in [-0.39, 0.29) is 0 Å². The second kappa shape index (κ2) is 3.05. The van der Waals surface area contributed by atoms with Crippen molar-refractivity contribution in [2.45, 2.75) is 39.5 Å². The first-order chi connectivity index (χ1) is 4.38. The monoisotopic (exact) mass is 123 g/mol. The van der Waals surface area contributed by atoms with Crippen LogP contribution in [0, 0.1) is 6.42 Å². The predicted molar refractivity (Wildman–Crippen MR) is 41.1 cm³/mol. The Morgan fingerprint density at radius 1 is 1.33 bits per heavy atom. The quantitative estimate of drug-likeness (QED) is 0.529. The molecule has 1 aliphatic carbocycles. The van der Waals surface area contributed by atoms with Gasteiger partial charge in [0.2, 0.25) is 0 Å². The highest BCUT2D eigenvalue weighted by molar-refractivity contribution is 5.27. The van der Waals surface area contributed by atoms with Crippen LogP contribution >= 0.6 is 0 Å². The first kappa shape index (κ1) is 6.85. The van der Waals surface area contributed by atoms with Crippen molar-refractivity contribution >= 4 is 0 Å². The highest BCUT2D eigenvalue weighted by Crippen LogP contribution is 2.28. The summed E-state index contributed by atoms with van der Waals surface area (Å²) in [6.45, 7) is 4.50. The molecule has 0 spiro atoms. The molecule has 0 aromatic carbocycles. The zero-order valence-electron chi connectivity index (χ0n) is 6.41. The number of hydrogen-bond acceptors (Lipinski definition) is 0. The maximum absolute atomic E-state index is 2.39. The molecule has 0 aliphatic heterocycles. The smallest absolute Gasteiger partial charge is 0.0132 e. The molecule has 51 valence electrons. The third kappa shape index (κ3) is 1.35. The van der Waals surface area contributed by atoms with Gasteiger partial charge in [0.25, 0.3) is 0 Å². The van der Waals surface area contributed by atoms with Crippen molar-refractivity contribution in [1.82, 2.24) is 0 Å². The summed E-state index contributed by atoms with van der Waals surface area (Å²) >= 11 is 0. The van der Waals surface area contributed by atoms with Crippen LogP contribution in [0.2, 0.25) is 0 Å². The van der Waals surface area contributed by atoms with E-state index >= 15 is 0 Å². The fourth-order valence-corrected chi connectivity index (χ4v) is 1.52. The Labute approximate surface area is 58.0 Å².